The van der Waals surface area contributed by atoms with Crippen LogP contribution in [0.4, 0.5) is 11.5 Å². The summed E-state index contributed by atoms with van der Waals surface area (Å²) in [5, 5.41) is 11.2. The summed E-state index contributed by atoms with van der Waals surface area (Å²) in [5.41, 5.74) is 2.20. The van der Waals surface area contributed by atoms with Gasteiger partial charge in [-0.3, -0.25) is 0 Å². The van der Waals surface area contributed by atoms with Gasteiger partial charge in [0.05, 0.1) is 11.1 Å². The van der Waals surface area contributed by atoms with Gasteiger partial charge in [0.25, 0.3) is 0 Å². The first-order valence-electron chi connectivity index (χ1n) is 8.13. The van der Waals surface area contributed by atoms with Gasteiger partial charge in [0, 0.05) is 31.1 Å². The van der Waals surface area contributed by atoms with Gasteiger partial charge in [0.2, 0.25) is 0 Å². The van der Waals surface area contributed by atoms with Crippen molar-refractivity contribution < 1.29 is 5.11 Å². The van der Waals surface area contributed by atoms with Gasteiger partial charge in [-0.1, -0.05) is 12.1 Å². The molecule has 2 aromatic heterocycles. The number of nitrogens with zero attached hydrogens (tertiary/aromatic N) is 4. The summed E-state index contributed by atoms with van der Waals surface area (Å²) in [6.45, 7) is 7.79. The zero-order valence-electron chi connectivity index (χ0n) is 13.9. The van der Waals surface area contributed by atoms with Crippen molar-refractivity contribution in [1.29, 1.82) is 0 Å². The molecule has 6 heteroatoms. The number of benzene rings is 1. The monoisotopic (exact) mass is 340 g/mol. The van der Waals surface area contributed by atoms with Crippen molar-refractivity contribution >= 4 is 33.1 Å². The van der Waals surface area contributed by atoms with E-state index in [9.17, 15) is 5.11 Å². The van der Waals surface area contributed by atoms with Gasteiger partial charge in [-0.05, 0) is 31.5 Å². The Morgan fingerprint density at radius 1 is 1.00 bits per heavy atom. The molecular weight excluding hydrogens is 320 g/mol. The van der Waals surface area contributed by atoms with E-state index in [1.54, 1.807) is 23.7 Å². The minimum Gasteiger partial charge on any atom is -0.506 e. The predicted octanol–water partition coefficient (Wildman–Crippen LogP) is 3.34. The first-order valence-corrected chi connectivity index (χ1v) is 8.95. The third-order valence-electron chi connectivity index (χ3n) is 4.75. The number of piperazine rings is 1. The summed E-state index contributed by atoms with van der Waals surface area (Å²) in [4.78, 5) is 15.9. The van der Waals surface area contributed by atoms with Crippen LogP contribution >= 0.6 is 11.3 Å². The van der Waals surface area contributed by atoms with E-state index in [2.05, 4.69) is 33.6 Å². The first kappa shape index (κ1) is 15.2. The lowest BCUT2D eigenvalue weighted by Gasteiger charge is -2.37. The lowest BCUT2D eigenvalue weighted by Crippen LogP contribution is -2.47. The summed E-state index contributed by atoms with van der Waals surface area (Å²) < 4.78 is 0. The first-order chi connectivity index (χ1) is 11.6. The van der Waals surface area contributed by atoms with Gasteiger partial charge in [-0.15, -0.1) is 11.3 Å². The molecule has 124 valence electrons. The molecule has 0 saturated carbocycles. The van der Waals surface area contributed by atoms with Crippen LogP contribution in [0.2, 0.25) is 0 Å². The number of fused-ring (bicyclic) bond motifs is 1. The van der Waals surface area contributed by atoms with E-state index < -0.39 is 0 Å². The van der Waals surface area contributed by atoms with Crippen molar-refractivity contribution in [2.45, 2.75) is 13.8 Å². The average Bonchev–Trinajstić information content (AvgIpc) is 2.90. The van der Waals surface area contributed by atoms with Gasteiger partial charge in [0.15, 0.2) is 0 Å². The molecule has 24 heavy (non-hydrogen) atoms. The lowest BCUT2D eigenvalue weighted by molar-refractivity contribution is 0.472. The molecule has 1 N–H and O–H groups in total. The number of phenols is 1. The molecule has 1 aliphatic heterocycles. The van der Waals surface area contributed by atoms with Crippen LogP contribution in [0.3, 0.4) is 0 Å². The van der Waals surface area contributed by atoms with E-state index in [1.807, 2.05) is 18.2 Å². The van der Waals surface area contributed by atoms with Crippen LogP contribution in [-0.2, 0) is 0 Å². The number of thiophene rings is 1. The standard InChI is InChI=1S/C18H20N4OS/c1-12-13(2)24-18-16(12)17(19-11-20-18)22-9-7-21(8-10-22)14-5-3-4-6-15(14)23/h3-6,11,23H,7-10H2,1-2H3. The fraction of sp³-hybridized carbons (Fsp3) is 0.333. The highest BCUT2D eigenvalue weighted by Crippen LogP contribution is 2.35. The van der Waals surface area contributed by atoms with Crippen LogP contribution in [0.25, 0.3) is 10.2 Å². The van der Waals surface area contributed by atoms with E-state index in [1.165, 1.54) is 15.8 Å². The van der Waals surface area contributed by atoms with Crippen LogP contribution in [0.15, 0.2) is 30.6 Å². The van der Waals surface area contributed by atoms with Crippen molar-refractivity contribution in [1.82, 2.24) is 9.97 Å². The number of aryl methyl sites for hydroxylation is 2. The molecular formula is C18H20N4OS. The second-order valence-corrected chi connectivity index (χ2v) is 7.33. The van der Waals surface area contributed by atoms with Crippen LogP contribution in [0.5, 0.6) is 5.75 Å². The number of aromatic nitrogens is 2. The molecule has 1 saturated heterocycles. The molecule has 1 fully saturated rings. The molecule has 1 aromatic carbocycles. The number of phenolic OH excluding ortho intramolecular Hbond substituents is 1. The number of anilines is 2. The summed E-state index contributed by atoms with van der Waals surface area (Å²) in [6, 6.07) is 7.54. The summed E-state index contributed by atoms with van der Waals surface area (Å²) in [6.07, 6.45) is 1.67. The van der Waals surface area contributed by atoms with Gasteiger partial charge < -0.3 is 14.9 Å². The highest BCUT2D eigenvalue weighted by molar-refractivity contribution is 7.18. The van der Waals surface area contributed by atoms with Gasteiger partial charge >= 0.3 is 0 Å². The number of rotatable bonds is 2. The zero-order chi connectivity index (χ0) is 16.7. The SMILES string of the molecule is Cc1sc2ncnc(N3CCN(c4ccccc4O)CC3)c2c1C. The molecule has 0 bridgehead atoms. The van der Waals surface area contributed by atoms with E-state index >= 15 is 0 Å². The van der Waals surface area contributed by atoms with Crippen LogP contribution in [0.1, 0.15) is 10.4 Å². The Bertz CT molecular complexity index is 884. The van der Waals surface area contributed by atoms with Crippen molar-refractivity contribution in [2.24, 2.45) is 0 Å². The van der Waals surface area contributed by atoms with Crippen molar-refractivity contribution in [3.8, 4) is 5.75 Å². The fourth-order valence-electron chi connectivity index (χ4n) is 3.29. The van der Waals surface area contributed by atoms with E-state index in [-0.39, 0.29) is 0 Å². The van der Waals surface area contributed by atoms with Crippen LogP contribution in [0, 0.1) is 13.8 Å². The fourth-order valence-corrected chi connectivity index (χ4v) is 4.29. The van der Waals surface area contributed by atoms with Crippen LogP contribution in [-0.4, -0.2) is 41.3 Å². The Hall–Kier alpha value is -2.34. The summed E-state index contributed by atoms with van der Waals surface area (Å²) >= 11 is 1.74. The topological polar surface area (TPSA) is 52.5 Å². The molecule has 0 amide bonds. The van der Waals surface area contributed by atoms with Gasteiger partial charge in [-0.25, -0.2) is 9.97 Å². The maximum atomic E-state index is 10.1. The molecule has 0 atom stereocenters. The average molecular weight is 340 g/mol. The van der Waals surface area contributed by atoms with E-state index in [0.29, 0.717) is 5.75 Å². The van der Waals surface area contributed by atoms with Crippen molar-refractivity contribution in [2.75, 3.05) is 36.0 Å². The van der Waals surface area contributed by atoms with Gasteiger partial charge in [0.1, 0.15) is 22.7 Å². The molecule has 3 heterocycles. The molecule has 0 spiro atoms. The molecule has 3 aromatic rings. The maximum Gasteiger partial charge on any atom is 0.141 e. The van der Waals surface area contributed by atoms with Crippen LogP contribution < -0.4 is 9.80 Å². The normalized spacial score (nSPS) is 15.2. The summed E-state index contributed by atoms with van der Waals surface area (Å²) in [7, 11) is 0. The van der Waals surface area contributed by atoms with Crippen molar-refractivity contribution in [3.05, 3.63) is 41.0 Å². The molecule has 4 rings (SSSR count). The quantitative estimate of drug-likeness (QED) is 0.775. The molecule has 0 aliphatic carbocycles. The second-order valence-electron chi connectivity index (χ2n) is 6.12. The Kier molecular flexibility index (Phi) is 3.76. The smallest absolute Gasteiger partial charge is 0.141 e. The highest BCUT2D eigenvalue weighted by atomic mass is 32.1. The molecule has 5 nitrogen and oxygen atoms in total. The second kappa shape index (κ2) is 5.94. The Morgan fingerprint density at radius 3 is 2.46 bits per heavy atom. The number of para-hydroxylation sites is 2. The number of hydrogen-bond donors (Lipinski definition) is 1. The third kappa shape index (κ3) is 2.47. The molecule has 0 radical (unpaired) electrons. The van der Waals surface area contributed by atoms with Gasteiger partial charge in [-0.2, -0.15) is 0 Å². The zero-order valence-corrected chi connectivity index (χ0v) is 14.7. The minimum absolute atomic E-state index is 0.347. The Morgan fingerprint density at radius 2 is 1.71 bits per heavy atom. The molecule has 1 aliphatic rings. The number of hydrogen-bond acceptors (Lipinski definition) is 6. The number of aromatic hydroxyl groups is 1. The largest absolute Gasteiger partial charge is 0.506 e. The summed E-state index contributed by atoms with van der Waals surface area (Å²) in [5.74, 6) is 1.39. The Balaban J connectivity index is 1.60. The van der Waals surface area contributed by atoms with Crippen molar-refractivity contribution in [3.63, 3.8) is 0 Å². The third-order valence-corrected chi connectivity index (χ3v) is 5.86. The predicted molar refractivity (Wildman–Crippen MR) is 99.4 cm³/mol. The Labute approximate surface area is 145 Å². The maximum absolute atomic E-state index is 10.1. The minimum atomic E-state index is 0.347. The van der Waals surface area contributed by atoms with E-state index in [4.69, 9.17) is 0 Å². The highest BCUT2D eigenvalue weighted by Gasteiger charge is 2.23. The lowest BCUT2D eigenvalue weighted by atomic mass is 10.2. The van der Waals surface area contributed by atoms with E-state index in [0.717, 1.165) is 42.5 Å². The molecule has 0 unspecified atom stereocenters.